The van der Waals surface area contributed by atoms with Gasteiger partial charge >= 0.3 is 34.4 Å². The number of non-ortho nitro benzene ring substituents is 1. The standard InChI is InChI=1S/C12H9N3O2.F6P/c16-15(17)12-8-6-11(7-9-12)14-13-10-4-2-1-3-5-10;1-7(2,3,4,5)6/h1-9H;/q;-1/p+1. The Morgan fingerprint density at radius 1 is 0.792 bits per heavy atom. The average Bonchev–Trinajstić information content (AvgIpc) is 2.43. The zero-order valence-electron chi connectivity index (χ0n) is 12.6. The molecular weight excluding hydrogens is 363 g/mol. The molecule has 0 heterocycles. The zero-order valence-corrected chi connectivity index (χ0v) is 12.5. The molecule has 0 aliphatic rings. The van der Waals surface area contributed by atoms with E-state index < -0.39 is 12.7 Å². The number of halogens is 6. The largest absolute Gasteiger partial charge is 1.00 e. The first-order valence-corrected chi connectivity index (χ1v) is 8.01. The first kappa shape index (κ1) is 19.5. The molecule has 132 valence electrons. The molecule has 0 unspecified atom stereocenters. The Morgan fingerprint density at radius 2 is 1.17 bits per heavy atom. The molecule has 0 spiro atoms. The van der Waals surface area contributed by atoms with Crippen LogP contribution in [0.4, 0.5) is 42.2 Å². The van der Waals surface area contributed by atoms with E-state index in [1.54, 1.807) is 12.1 Å². The van der Waals surface area contributed by atoms with Gasteiger partial charge in [0.1, 0.15) is 0 Å². The molecule has 24 heavy (non-hydrogen) atoms. The van der Waals surface area contributed by atoms with E-state index >= 15 is 0 Å². The smallest absolute Gasteiger partial charge is 0.258 e. The van der Waals surface area contributed by atoms with Gasteiger partial charge in [0.15, 0.2) is 0 Å². The van der Waals surface area contributed by atoms with Gasteiger partial charge in [-0.15, -0.1) is 0 Å². The summed E-state index contributed by atoms with van der Waals surface area (Å²) in [4.78, 5) is 10.00. The fourth-order valence-electron chi connectivity index (χ4n) is 1.25. The van der Waals surface area contributed by atoms with E-state index in [1.165, 1.54) is 12.1 Å². The van der Waals surface area contributed by atoms with Crippen molar-refractivity contribution in [1.82, 2.24) is 0 Å². The molecule has 0 aliphatic carbocycles. The third-order valence-electron chi connectivity index (χ3n) is 2.10. The number of hydrogen-bond acceptors (Lipinski definition) is 4. The van der Waals surface area contributed by atoms with Crippen molar-refractivity contribution in [3.63, 3.8) is 0 Å². The summed E-state index contributed by atoms with van der Waals surface area (Å²) in [5.41, 5.74) is 1.37. The topological polar surface area (TPSA) is 67.9 Å². The maximum atomic E-state index is 10.4. The number of azo groups is 1. The Hall–Kier alpha value is -2.55. The third kappa shape index (κ3) is 11.1. The van der Waals surface area contributed by atoms with Crippen molar-refractivity contribution in [1.29, 1.82) is 0 Å². The molecule has 2 aromatic rings. The predicted octanol–water partition coefficient (Wildman–Crippen LogP) is 7.51. The van der Waals surface area contributed by atoms with Crippen LogP contribution in [-0.2, 0) is 0 Å². The molecule has 0 amide bonds. The number of hydrogen-bond donors (Lipinski definition) is 0. The number of rotatable bonds is 3. The van der Waals surface area contributed by atoms with E-state index in [4.69, 9.17) is 0 Å². The van der Waals surface area contributed by atoms with Crippen LogP contribution in [0.2, 0.25) is 0 Å². The van der Waals surface area contributed by atoms with E-state index in [1.807, 2.05) is 30.3 Å². The molecular formula is C12H10F6N3O2P. The van der Waals surface area contributed by atoms with Crippen molar-refractivity contribution in [2.45, 2.75) is 0 Å². The molecule has 5 nitrogen and oxygen atoms in total. The van der Waals surface area contributed by atoms with Crippen LogP contribution >= 0.6 is 7.81 Å². The van der Waals surface area contributed by atoms with Crippen LogP contribution in [0.3, 0.4) is 0 Å². The molecule has 0 fully saturated rings. The van der Waals surface area contributed by atoms with Crippen LogP contribution in [-0.4, -0.2) is 4.92 Å². The quantitative estimate of drug-likeness (QED) is 0.184. The summed E-state index contributed by atoms with van der Waals surface area (Å²) in [6.07, 6.45) is 0. The molecule has 0 aromatic heterocycles. The van der Waals surface area contributed by atoms with Gasteiger partial charge in [-0.1, -0.05) is 18.2 Å². The first-order chi connectivity index (χ1) is 10.7. The second-order valence-corrected chi connectivity index (χ2v) is 6.18. The molecule has 2 rings (SSSR count). The summed E-state index contributed by atoms with van der Waals surface area (Å²) in [7, 11) is -10.7. The number of nitro benzene ring substituents is 1. The van der Waals surface area contributed by atoms with Crippen molar-refractivity contribution >= 4 is 24.9 Å². The van der Waals surface area contributed by atoms with Gasteiger partial charge in [0.2, 0.25) is 0 Å². The fraction of sp³-hybridized carbons (Fsp3) is 0. The van der Waals surface area contributed by atoms with Crippen molar-refractivity contribution in [3.8, 4) is 0 Å². The Labute approximate surface area is 132 Å². The Kier molecular flexibility index (Phi) is 5.00. The Morgan fingerprint density at radius 3 is 1.54 bits per heavy atom. The van der Waals surface area contributed by atoms with Gasteiger partial charge in [-0.05, 0) is 24.3 Å². The van der Waals surface area contributed by atoms with Crippen LogP contribution in [0.5, 0.6) is 0 Å². The second kappa shape index (κ2) is 6.16. The van der Waals surface area contributed by atoms with Crippen molar-refractivity contribution in [2.75, 3.05) is 0 Å². The van der Waals surface area contributed by atoms with Gasteiger partial charge < -0.3 is 0 Å². The van der Waals surface area contributed by atoms with E-state index in [9.17, 15) is 35.3 Å². The predicted molar refractivity (Wildman–Crippen MR) is 78.4 cm³/mol. The van der Waals surface area contributed by atoms with Gasteiger partial charge in [-0.2, -0.15) is 10.2 Å². The molecule has 0 aliphatic heterocycles. The minimum Gasteiger partial charge on any atom is -0.258 e. The number of nitro groups is 1. The zero-order chi connectivity index (χ0) is 18.5. The average molecular weight is 373 g/mol. The summed E-state index contributed by atoms with van der Waals surface area (Å²) < 4.78 is 59.2. The van der Waals surface area contributed by atoms with Gasteiger partial charge in [-0.3, -0.25) is 10.1 Å². The second-order valence-electron chi connectivity index (χ2n) is 4.27. The molecule has 12 heteroatoms. The van der Waals surface area contributed by atoms with Crippen LogP contribution in [0.1, 0.15) is 1.43 Å². The van der Waals surface area contributed by atoms with Gasteiger partial charge in [-0.25, -0.2) is 0 Å². The van der Waals surface area contributed by atoms with Gasteiger partial charge in [0.05, 0.1) is 16.3 Å². The molecule has 2 aromatic carbocycles. The fourth-order valence-corrected chi connectivity index (χ4v) is 1.25. The maximum Gasteiger partial charge on any atom is 1.00 e. The van der Waals surface area contributed by atoms with Crippen molar-refractivity contribution in [2.24, 2.45) is 10.2 Å². The molecule has 0 radical (unpaired) electrons. The number of benzene rings is 2. The van der Waals surface area contributed by atoms with Crippen LogP contribution in [0.25, 0.3) is 0 Å². The normalized spacial score (nSPS) is 14.2. The minimum absolute atomic E-state index is 0. The molecule has 0 N–H and O–H groups in total. The molecule has 0 bridgehead atoms. The van der Waals surface area contributed by atoms with E-state index in [0.717, 1.165) is 5.69 Å². The van der Waals surface area contributed by atoms with Crippen LogP contribution in [0, 0.1) is 10.1 Å². The van der Waals surface area contributed by atoms with Crippen LogP contribution in [0.15, 0.2) is 64.8 Å². The Bertz CT molecular complexity index is 728. The third-order valence-corrected chi connectivity index (χ3v) is 2.10. The molecule has 0 atom stereocenters. The summed E-state index contributed by atoms with van der Waals surface area (Å²) >= 11 is 0. The maximum absolute atomic E-state index is 10.7. The summed E-state index contributed by atoms with van der Waals surface area (Å²) in [6.45, 7) is 0. The Balaban J connectivity index is 0.000000620. The van der Waals surface area contributed by atoms with Crippen molar-refractivity contribution < 1.29 is 31.5 Å². The summed E-state index contributed by atoms with van der Waals surface area (Å²) in [5, 5.41) is 18.4. The van der Waals surface area contributed by atoms with E-state index in [0.29, 0.717) is 5.69 Å². The van der Waals surface area contributed by atoms with E-state index in [2.05, 4.69) is 10.2 Å². The van der Waals surface area contributed by atoms with Crippen molar-refractivity contribution in [3.05, 3.63) is 64.7 Å². The van der Waals surface area contributed by atoms with Crippen LogP contribution < -0.4 is 0 Å². The molecule has 0 saturated carbocycles. The van der Waals surface area contributed by atoms with Gasteiger partial charge in [0, 0.05) is 12.1 Å². The summed E-state index contributed by atoms with van der Waals surface area (Å²) in [5.74, 6) is 0. The van der Waals surface area contributed by atoms with E-state index in [-0.39, 0.29) is 7.11 Å². The monoisotopic (exact) mass is 373 g/mol. The summed E-state index contributed by atoms with van der Waals surface area (Å²) in [6, 6.07) is 15.2. The van der Waals surface area contributed by atoms with Gasteiger partial charge in [0.25, 0.3) is 5.69 Å². The molecule has 0 saturated heterocycles. The SMILES string of the molecule is F[P-](F)(F)(F)(F)F.O=[N+]([O-])c1ccc(N=Nc2ccccc2)cc1.[H+]. The first-order valence-electron chi connectivity index (χ1n) is 5.98. The number of nitrogens with zero attached hydrogens (tertiary/aromatic N) is 3. The minimum atomic E-state index is -10.7.